The lowest BCUT2D eigenvalue weighted by atomic mass is 10.0. The van der Waals surface area contributed by atoms with Crippen molar-refractivity contribution in [2.75, 3.05) is 37.0 Å². The van der Waals surface area contributed by atoms with Crippen molar-refractivity contribution < 1.29 is 27.7 Å². The summed E-state index contributed by atoms with van der Waals surface area (Å²) in [6.45, 7) is 13.5. The molecule has 0 aliphatic heterocycles. The van der Waals surface area contributed by atoms with E-state index in [0.717, 1.165) is 48.1 Å². The average Bonchev–Trinajstić information content (AvgIpc) is 3.11. The summed E-state index contributed by atoms with van der Waals surface area (Å²) in [7, 11) is -8.15. The Bertz CT molecular complexity index is 1450. The third-order valence-electron chi connectivity index (χ3n) is 10.3. The van der Waals surface area contributed by atoms with Crippen LogP contribution in [0.5, 0.6) is 0 Å². The summed E-state index contributed by atoms with van der Waals surface area (Å²) in [5, 5.41) is 22.3. The van der Waals surface area contributed by atoms with E-state index >= 15 is 0 Å². The lowest BCUT2D eigenvalue weighted by Gasteiger charge is -2.40. The van der Waals surface area contributed by atoms with Gasteiger partial charge in [0.2, 0.25) is 10.7 Å². The summed E-state index contributed by atoms with van der Waals surface area (Å²) >= 11 is 0. The van der Waals surface area contributed by atoms with Gasteiger partial charge in [-0.25, -0.2) is 0 Å². The first-order chi connectivity index (χ1) is 23.2. The van der Waals surface area contributed by atoms with Crippen molar-refractivity contribution in [1.82, 2.24) is 0 Å². The molecule has 268 valence electrons. The van der Waals surface area contributed by atoms with Crippen LogP contribution in [0.25, 0.3) is 0 Å². The Hall–Kier alpha value is -2.47. The molecule has 2 unspecified atom stereocenters. The molecule has 4 rings (SSSR count). The fourth-order valence-corrected chi connectivity index (χ4v) is 15.4. The van der Waals surface area contributed by atoms with Crippen LogP contribution >= 0.6 is 14.5 Å². The molecule has 4 aromatic rings. The Balaban J connectivity index is 0.000000299. The molecular formula is C40H56O6P2S. The van der Waals surface area contributed by atoms with Crippen molar-refractivity contribution in [3.8, 4) is 0 Å². The van der Waals surface area contributed by atoms with Crippen LogP contribution in [-0.4, -0.2) is 64.7 Å². The van der Waals surface area contributed by atoms with E-state index in [1.165, 1.54) is 11.1 Å². The van der Waals surface area contributed by atoms with E-state index in [9.17, 15) is 10.2 Å². The Labute approximate surface area is 297 Å². The van der Waals surface area contributed by atoms with Crippen LogP contribution in [-0.2, 0) is 33.9 Å². The number of aliphatic hydroxyl groups is 2. The molecule has 4 aromatic carbocycles. The second-order valence-electron chi connectivity index (χ2n) is 12.3. The zero-order valence-electron chi connectivity index (χ0n) is 30.0. The second kappa shape index (κ2) is 19.8. The van der Waals surface area contributed by atoms with Gasteiger partial charge < -0.3 is 19.3 Å². The lowest BCUT2D eigenvalue weighted by molar-refractivity contribution is 0.126. The van der Waals surface area contributed by atoms with Crippen LogP contribution in [0.2, 0.25) is 0 Å². The van der Waals surface area contributed by atoms with E-state index in [1.54, 1.807) is 0 Å². The van der Waals surface area contributed by atoms with Gasteiger partial charge in [-0.15, -0.1) is 0 Å². The first-order valence-corrected chi connectivity index (χ1v) is 23.3. The minimum Gasteiger partial charge on any atom is -0.759 e. The van der Waals surface area contributed by atoms with Gasteiger partial charge in [-0.05, 0) is 52.7 Å². The molecule has 6 nitrogen and oxygen atoms in total. The van der Waals surface area contributed by atoms with Crippen LogP contribution in [0.1, 0.15) is 63.8 Å². The van der Waals surface area contributed by atoms with Gasteiger partial charge >= 0.3 is 0 Å². The molecule has 2 atom stereocenters. The topological polar surface area (TPSA) is 121 Å². The number of hydrogen-bond acceptors (Lipinski definition) is 6. The Morgan fingerprint density at radius 3 is 0.878 bits per heavy atom. The lowest BCUT2D eigenvalue weighted by Crippen LogP contribution is -2.35. The minimum atomic E-state index is -5.17. The van der Waals surface area contributed by atoms with E-state index in [1.807, 2.05) is 48.5 Å². The predicted octanol–water partition coefficient (Wildman–Crippen LogP) is 8.97. The summed E-state index contributed by atoms with van der Waals surface area (Å²) < 4.78 is 34.1. The molecule has 0 saturated carbocycles. The summed E-state index contributed by atoms with van der Waals surface area (Å²) in [4.78, 5) is 0. The maximum atomic E-state index is 11.9. The van der Waals surface area contributed by atoms with Crippen molar-refractivity contribution in [1.29, 1.82) is 0 Å². The molecule has 0 aliphatic rings. The fourth-order valence-electron chi connectivity index (χ4n) is 7.17. The SMILES string of the molecule is CC[P+](CC)(CC)C(O)(Cc1ccccc1)c1ccccc1.CC[P+](CC)(CC)C(O)(Cc1ccccc1)c1ccccc1.O=S(=O)([O-])[O-]. The monoisotopic (exact) mass is 726 g/mol. The van der Waals surface area contributed by atoms with Crippen LogP contribution < -0.4 is 0 Å². The molecule has 0 bridgehead atoms. The standard InChI is InChI=1S/2C20H28OP.H2O4S/c2*1-4-22(5-2,6-3)20(21,19-15-11-8-12-16-19)17-18-13-9-7-10-14-18;1-5(2,3)4/h2*7-16,21H,4-6,17H2,1-3H3;(H2,1,2,3,4)/q2*+1;/p-2. The highest BCUT2D eigenvalue weighted by Gasteiger charge is 2.55. The molecular weight excluding hydrogens is 670 g/mol. The van der Waals surface area contributed by atoms with Gasteiger partial charge in [0.25, 0.3) is 0 Å². The van der Waals surface area contributed by atoms with Crippen molar-refractivity contribution in [3.63, 3.8) is 0 Å². The minimum absolute atomic E-state index is 0.709. The fraction of sp³-hybridized carbons (Fsp3) is 0.400. The zero-order chi connectivity index (χ0) is 36.6. The van der Waals surface area contributed by atoms with Gasteiger partial charge in [0.15, 0.2) is 0 Å². The van der Waals surface area contributed by atoms with Gasteiger partial charge in [0.05, 0.1) is 51.5 Å². The molecule has 49 heavy (non-hydrogen) atoms. The molecule has 0 aromatic heterocycles. The van der Waals surface area contributed by atoms with E-state index in [-0.39, 0.29) is 0 Å². The highest BCUT2D eigenvalue weighted by Crippen LogP contribution is 2.73. The Morgan fingerprint density at radius 2 is 0.673 bits per heavy atom. The largest absolute Gasteiger partial charge is 0.759 e. The first kappa shape index (κ1) is 42.7. The quantitative estimate of drug-likeness (QED) is 0.0761. The third kappa shape index (κ3) is 11.3. The number of hydrogen-bond donors (Lipinski definition) is 2. The third-order valence-corrected chi connectivity index (χ3v) is 21.5. The van der Waals surface area contributed by atoms with Crippen LogP contribution in [0, 0.1) is 0 Å². The molecule has 0 aliphatic carbocycles. The first-order valence-electron chi connectivity index (χ1n) is 17.3. The van der Waals surface area contributed by atoms with E-state index in [4.69, 9.17) is 17.5 Å². The van der Waals surface area contributed by atoms with Gasteiger partial charge in [0, 0.05) is 34.4 Å². The predicted molar refractivity (Wildman–Crippen MR) is 209 cm³/mol. The average molecular weight is 727 g/mol. The summed E-state index contributed by atoms with van der Waals surface area (Å²) in [6.07, 6.45) is 7.91. The summed E-state index contributed by atoms with van der Waals surface area (Å²) in [5.41, 5.74) is 4.60. The van der Waals surface area contributed by atoms with Crippen molar-refractivity contribution >= 4 is 24.9 Å². The molecule has 0 radical (unpaired) electrons. The Kier molecular flexibility index (Phi) is 17.3. The van der Waals surface area contributed by atoms with Gasteiger partial charge in [0.1, 0.15) is 0 Å². The van der Waals surface area contributed by atoms with Crippen LogP contribution in [0.4, 0.5) is 0 Å². The van der Waals surface area contributed by atoms with E-state index < -0.39 is 35.6 Å². The molecule has 9 heteroatoms. The number of rotatable bonds is 14. The van der Waals surface area contributed by atoms with Crippen LogP contribution in [0.15, 0.2) is 121 Å². The smallest absolute Gasteiger partial charge is 0.203 e. The normalized spacial score (nSPS) is 14.2. The number of benzene rings is 4. The molecule has 2 N–H and O–H groups in total. The maximum Gasteiger partial charge on any atom is 0.203 e. The maximum absolute atomic E-state index is 11.9. The van der Waals surface area contributed by atoms with E-state index in [2.05, 4.69) is 114 Å². The molecule has 0 heterocycles. The van der Waals surface area contributed by atoms with Gasteiger partial charge in [-0.1, -0.05) is 121 Å². The van der Waals surface area contributed by atoms with Crippen LogP contribution in [0.3, 0.4) is 0 Å². The summed E-state index contributed by atoms with van der Waals surface area (Å²) in [6, 6.07) is 41.4. The molecule has 0 saturated heterocycles. The zero-order valence-corrected chi connectivity index (χ0v) is 32.6. The van der Waals surface area contributed by atoms with Crippen molar-refractivity contribution in [2.24, 2.45) is 0 Å². The highest BCUT2D eigenvalue weighted by molar-refractivity contribution is 7.79. The second-order valence-corrected chi connectivity index (χ2v) is 23.0. The van der Waals surface area contributed by atoms with Crippen molar-refractivity contribution in [2.45, 2.75) is 65.1 Å². The van der Waals surface area contributed by atoms with Gasteiger partial charge in [-0.3, -0.25) is 8.42 Å². The molecule has 0 amide bonds. The van der Waals surface area contributed by atoms with Crippen molar-refractivity contribution in [3.05, 3.63) is 144 Å². The summed E-state index contributed by atoms with van der Waals surface area (Å²) in [5.74, 6) is 0. The Morgan fingerprint density at radius 1 is 0.469 bits per heavy atom. The van der Waals surface area contributed by atoms with Gasteiger partial charge in [-0.2, -0.15) is 0 Å². The molecule has 0 fully saturated rings. The molecule has 0 spiro atoms. The van der Waals surface area contributed by atoms with E-state index in [0.29, 0.717) is 12.8 Å². The highest BCUT2D eigenvalue weighted by atomic mass is 32.3.